The zero-order chi connectivity index (χ0) is 22.0. The van der Waals surface area contributed by atoms with Crippen LogP contribution in [0.3, 0.4) is 0 Å². The van der Waals surface area contributed by atoms with Crippen LogP contribution in [-0.2, 0) is 0 Å². The lowest BCUT2D eigenvalue weighted by Crippen LogP contribution is -2.49. The van der Waals surface area contributed by atoms with E-state index in [1.54, 1.807) is 32.0 Å². The van der Waals surface area contributed by atoms with Crippen LogP contribution in [0.4, 0.5) is 5.69 Å². The first-order valence-corrected chi connectivity index (χ1v) is 11.1. The quantitative estimate of drug-likeness (QED) is 0.450. The van der Waals surface area contributed by atoms with Crippen LogP contribution < -0.4 is 20.1 Å². The van der Waals surface area contributed by atoms with Crippen molar-refractivity contribution < 1.29 is 14.3 Å². The second kappa shape index (κ2) is 8.81. The molecule has 0 aliphatic carbocycles. The molecule has 2 heterocycles. The van der Waals surface area contributed by atoms with Crippen molar-refractivity contribution >= 4 is 40.1 Å². The summed E-state index contributed by atoms with van der Waals surface area (Å²) < 4.78 is 10.8. The molecule has 3 aromatic rings. The Morgan fingerprint density at radius 3 is 2.65 bits per heavy atom. The predicted octanol–water partition coefficient (Wildman–Crippen LogP) is 3.31. The van der Waals surface area contributed by atoms with E-state index in [4.69, 9.17) is 14.9 Å². The van der Waals surface area contributed by atoms with E-state index in [2.05, 4.69) is 15.6 Å². The number of benzene rings is 2. The molecule has 1 atom stereocenters. The fraction of sp³-hybridized carbons (Fsp3) is 0.273. The van der Waals surface area contributed by atoms with E-state index in [9.17, 15) is 4.79 Å². The van der Waals surface area contributed by atoms with Gasteiger partial charge in [-0.15, -0.1) is 11.8 Å². The molecule has 1 aliphatic rings. The Bertz CT molecular complexity index is 1100. The molecular formula is C22H25N5O3S. The lowest BCUT2D eigenvalue weighted by atomic mass is 10.1. The molecule has 4 rings (SSSR count). The first-order chi connectivity index (χ1) is 15.0. The highest BCUT2D eigenvalue weighted by Gasteiger charge is 2.30. The molecule has 1 unspecified atom stereocenters. The van der Waals surface area contributed by atoms with Crippen LogP contribution >= 0.6 is 11.8 Å². The van der Waals surface area contributed by atoms with Gasteiger partial charge in [-0.05, 0) is 24.5 Å². The van der Waals surface area contributed by atoms with Crippen LogP contribution in [0, 0.1) is 5.41 Å². The van der Waals surface area contributed by atoms with E-state index in [-0.39, 0.29) is 11.4 Å². The zero-order valence-corrected chi connectivity index (χ0v) is 18.4. The van der Waals surface area contributed by atoms with Crippen LogP contribution in [0.5, 0.6) is 11.5 Å². The van der Waals surface area contributed by atoms with Gasteiger partial charge in [-0.2, -0.15) is 0 Å². The Hall–Kier alpha value is -3.33. The van der Waals surface area contributed by atoms with Crippen molar-refractivity contribution in [2.45, 2.75) is 5.50 Å². The molecule has 1 aromatic heterocycles. The Kier molecular flexibility index (Phi) is 5.94. The van der Waals surface area contributed by atoms with Crippen molar-refractivity contribution in [2.75, 3.05) is 38.9 Å². The smallest absolute Gasteiger partial charge is 0.267 e. The number of carbonyl (C=O) groups excluding carboxylic acids is 1. The SMILES string of the molecule is COc1cc2c(cc1OC)C(=N)N(CCNC(=O)c1cc3ccccc3[nH]1)C(SC)N2. The molecule has 8 nitrogen and oxygen atoms in total. The number of carbonyl (C=O) groups is 1. The zero-order valence-electron chi connectivity index (χ0n) is 17.6. The minimum atomic E-state index is -0.166. The Labute approximate surface area is 184 Å². The summed E-state index contributed by atoms with van der Waals surface area (Å²) >= 11 is 1.59. The fourth-order valence-corrected chi connectivity index (χ4v) is 4.38. The monoisotopic (exact) mass is 439 g/mol. The summed E-state index contributed by atoms with van der Waals surface area (Å²) in [6, 6.07) is 13.3. The number of anilines is 1. The lowest BCUT2D eigenvalue weighted by molar-refractivity contribution is 0.0947. The number of amides is 1. The van der Waals surface area contributed by atoms with E-state index in [0.717, 1.165) is 22.2 Å². The van der Waals surface area contributed by atoms with E-state index in [0.29, 0.717) is 36.1 Å². The van der Waals surface area contributed by atoms with Crippen LogP contribution in [0.25, 0.3) is 10.9 Å². The summed E-state index contributed by atoms with van der Waals surface area (Å²) in [5.41, 5.74) is 2.86. The van der Waals surface area contributed by atoms with Gasteiger partial charge >= 0.3 is 0 Å². The highest BCUT2D eigenvalue weighted by molar-refractivity contribution is 7.99. The first kappa shape index (κ1) is 20.9. The number of nitrogens with one attached hydrogen (secondary N) is 4. The Morgan fingerprint density at radius 2 is 1.94 bits per heavy atom. The van der Waals surface area contributed by atoms with Crippen LogP contribution in [-0.4, -0.2) is 60.7 Å². The third-order valence-electron chi connectivity index (χ3n) is 5.26. The van der Waals surface area contributed by atoms with Crippen LogP contribution in [0.2, 0.25) is 0 Å². The highest BCUT2D eigenvalue weighted by atomic mass is 32.2. The molecule has 0 saturated carbocycles. The van der Waals surface area contributed by atoms with Crippen molar-refractivity contribution in [1.82, 2.24) is 15.2 Å². The maximum Gasteiger partial charge on any atom is 0.267 e. The van der Waals surface area contributed by atoms with Gasteiger partial charge in [-0.3, -0.25) is 10.2 Å². The number of fused-ring (bicyclic) bond motifs is 2. The minimum Gasteiger partial charge on any atom is -0.493 e. The number of nitrogens with zero attached hydrogens (tertiary/aromatic N) is 1. The normalized spacial score (nSPS) is 15.4. The highest BCUT2D eigenvalue weighted by Crippen LogP contribution is 2.37. The summed E-state index contributed by atoms with van der Waals surface area (Å²) in [5, 5.41) is 16.1. The van der Waals surface area contributed by atoms with Gasteiger partial charge in [0.2, 0.25) is 0 Å². The predicted molar refractivity (Wildman–Crippen MR) is 125 cm³/mol. The maximum absolute atomic E-state index is 12.6. The van der Waals surface area contributed by atoms with Crippen LogP contribution in [0.15, 0.2) is 42.5 Å². The van der Waals surface area contributed by atoms with Crippen molar-refractivity contribution in [2.24, 2.45) is 0 Å². The third kappa shape index (κ3) is 4.00. The number of amidine groups is 1. The summed E-state index contributed by atoms with van der Waals surface area (Å²) in [4.78, 5) is 17.6. The van der Waals surface area contributed by atoms with Crippen molar-refractivity contribution in [3.05, 3.63) is 53.7 Å². The van der Waals surface area contributed by atoms with Crippen molar-refractivity contribution in [3.63, 3.8) is 0 Å². The molecule has 31 heavy (non-hydrogen) atoms. The van der Waals surface area contributed by atoms with Gasteiger partial charge in [-0.25, -0.2) is 0 Å². The summed E-state index contributed by atoms with van der Waals surface area (Å²) in [6.07, 6.45) is 1.98. The topological polar surface area (TPSA) is 102 Å². The lowest BCUT2D eigenvalue weighted by Gasteiger charge is -2.39. The van der Waals surface area contributed by atoms with Gasteiger partial charge in [0.15, 0.2) is 11.5 Å². The van der Waals surface area contributed by atoms with Gasteiger partial charge in [0.25, 0.3) is 5.91 Å². The fourth-order valence-electron chi connectivity index (χ4n) is 3.67. The molecule has 0 saturated heterocycles. The van der Waals surface area contributed by atoms with Gasteiger partial charge in [0, 0.05) is 35.6 Å². The average Bonchev–Trinajstić information content (AvgIpc) is 3.24. The Morgan fingerprint density at radius 1 is 1.19 bits per heavy atom. The number of para-hydroxylation sites is 1. The van der Waals surface area contributed by atoms with E-state index in [1.165, 1.54) is 0 Å². The van der Waals surface area contributed by atoms with Gasteiger partial charge < -0.3 is 30.0 Å². The number of aromatic nitrogens is 1. The average molecular weight is 440 g/mol. The number of thioether (sulfide) groups is 1. The molecule has 0 spiro atoms. The minimum absolute atomic E-state index is 0.136. The number of hydrogen-bond acceptors (Lipinski definition) is 6. The Balaban J connectivity index is 1.46. The van der Waals surface area contributed by atoms with Crippen molar-refractivity contribution in [3.8, 4) is 11.5 Å². The molecule has 9 heteroatoms. The number of aromatic amines is 1. The molecular weight excluding hydrogens is 414 g/mol. The first-order valence-electron chi connectivity index (χ1n) is 9.82. The maximum atomic E-state index is 12.6. The van der Waals surface area contributed by atoms with Crippen LogP contribution in [0.1, 0.15) is 16.1 Å². The van der Waals surface area contributed by atoms with Gasteiger partial charge in [-0.1, -0.05) is 18.2 Å². The van der Waals surface area contributed by atoms with E-state index in [1.807, 2.05) is 47.6 Å². The second-order valence-electron chi connectivity index (χ2n) is 7.05. The molecule has 2 aromatic carbocycles. The number of ether oxygens (including phenoxy) is 2. The summed E-state index contributed by atoms with van der Waals surface area (Å²) in [5.74, 6) is 1.39. The van der Waals surface area contributed by atoms with E-state index < -0.39 is 0 Å². The molecule has 4 N–H and O–H groups in total. The number of H-pyrrole nitrogens is 1. The molecule has 0 radical (unpaired) electrons. The largest absolute Gasteiger partial charge is 0.493 e. The molecule has 0 fully saturated rings. The molecule has 162 valence electrons. The summed E-state index contributed by atoms with van der Waals surface area (Å²) in [7, 11) is 3.17. The molecule has 1 aliphatic heterocycles. The number of hydrogen-bond donors (Lipinski definition) is 4. The van der Waals surface area contributed by atoms with E-state index >= 15 is 0 Å². The van der Waals surface area contributed by atoms with Crippen molar-refractivity contribution in [1.29, 1.82) is 5.41 Å². The second-order valence-corrected chi connectivity index (χ2v) is 7.97. The third-order valence-corrected chi connectivity index (χ3v) is 6.08. The van der Waals surface area contributed by atoms with Gasteiger partial charge in [0.05, 0.1) is 19.9 Å². The molecule has 0 bridgehead atoms. The molecule has 1 amide bonds. The number of methoxy groups -OCH3 is 2. The summed E-state index contributed by atoms with van der Waals surface area (Å²) in [6.45, 7) is 0.884. The number of rotatable bonds is 7. The van der Waals surface area contributed by atoms with Gasteiger partial charge in [0.1, 0.15) is 17.0 Å². The standard InChI is InChI=1S/C22H25N5O3S/c1-29-18-11-14-16(12-19(18)30-2)26-22(31-3)27(20(14)23)9-8-24-21(28)17-10-13-6-4-5-7-15(13)25-17/h4-7,10-12,22-23,25-26H,8-9H2,1-3H3,(H,24,28).